The van der Waals surface area contributed by atoms with Crippen molar-refractivity contribution in [2.75, 3.05) is 44.7 Å². The lowest BCUT2D eigenvalue weighted by Crippen LogP contribution is -2.67. The van der Waals surface area contributed by atoms with Gasteiger partial charge in [0, 0.05) is 75.0 Å². The fraction of sp³-hybridized carbons (Fsp3) is 0.553. The summed E-state index contributed by atoms with van der Waals surface area (Å²) < 4.78 is 21.2. The van der Waals surface area contributed by atoms with Crippen LogP contribution in [0.1, 0.15) is 68.3 Å². The molecule has 3 fully saturated rings. The summed E-state index contributed by atoms with van der Waals surface area (Å²) in [4.78, 5) is 44.4. The topological polar surface area (TPSA) is 123 Å². The molecule has 51 heavy (non-hydrogen) atoms. The number of carbonyl (C=O) groups excluding carboxylic acids is 2. The van der Waals surface area contributed by atoms with Crippen LogP contribution >= 0.6 is 23.2 Å². The molecule has 3 aromatic rings. The standard InChI is InChI=1S/C38H48Cl2N4O7/c1-4-49-33-22-44(23-34(33)50-5-2)38(43-16-8-9-17-43,51-26-14-12-24(13-15-26)37(47)48)35(45)19-25-18-30(40)31(20-29(25)39)41-36(46)28-21-42(3)32-11-7-6-10-27(28)32/h6-7,10-11,18,20-21,24,26,33-34H,4-5,8-9,12-17,19,22-23H2,1-3H3,(H,41,46)(H,47,48)/t24-,26-,33-,34+,38?. The van der Waals surface area contributed by atoms with Gasteiger partial charge >= 0.3 is 5.97 Å². The van der Waals surface area contributed by atoms with Crippen LogP contribution in [0.2, 0.25) is 10.0 Å². The van der Waals surface area contributed by atoms with E-state index >= 15 is 4.79 Å². The maximum Gasteiger partial charge on any atom is 0.306 e. The Morgan fingerprint density at radius 2 is 1.57 bits per heavy atom. The lowest BCUT2D eigenvalue weighted by molar-refractivity contribution is -0.254. The Kier molecular flexibility index (Phi) is 12.1. The third kappa shape index (κ3) is 7.85. The van der Waals surface area contributed by atoms with Crippen molar-refractivity contribution in [2.24, 2.45) is 13.0 Å². The van der Waals surface area contributed by atoms with Gasteiger partial charge in [-0.05, 0) is 76.1 Å². The van der Waals surface area contributed by atoms with Crippen LogP contribution < -0.4 is 5.32 Å². The van der Waals surface area contributed by atoms with E-state index in [0.717, 1.165) is 23.7 Å². The van der Waals surface area contributed by atoms with Gasteiger partial charge < -0.3 is 29.2 Å². The highest BCUT2D eigenvalue weighted by molar-refractivity contribution is 6.36. The maximum absolute atomic E-state index is 15.1. The van der Waals surface area contributed by atoms with Gasteiger partial charge in [0.2, 0.25) is 5.85 Å². The minimum atomic E-state index is -1.45. The first kappa shape index (κ1) is 37.7. The fourth-order valence-electron chi connectivity index (χ4n) is 8.01. The normalized spacial score (nSPS) is 24.2. The molecule has 1 saturated carbocycles. The van der Waals surface area contributed by atoms with E-state index < -0.39 is 17.7 Å². The summed E-state index contributed by atoms with van der Waals surface area (Å²) in [5, 5.41) is 13.9. The second-order valence-electron chi connectivity index (χ2n) is 13.8. The van der Waals surface area contributed by atoms with Crippen molar-refractivity contribution in [1.29, 1.82) is 0 Å². The van der Waals surface area contributed by atoms with Crippen molar-refractivity contribution in [3.63, 3.8) is 0 Å². The Morgan fingerprint density at radius 1 is 0.922 bits per heavy atom. The van der Waals surface area contributed by atoms with E-state index in [4.69, 9.17) is 37.4 Å². The summed E-state index contributed by atoms with van der Waals surface area (Å²) in [6, 6.07) is 10.9. The van der Waals surface area contributed by atoms with Gasteiger partial charge in [0.1, 0.15) is 0 Å². The summed E-state index contributed by atoms with van der Waals surface area (Å²) >= 11 is 13.7. The number of aliphatic carboxylic acids is 1. The first-order valence-corrected chi connectivity index (χ1v) is 18.8. The Labute approximate surface area is 309 Å². The third-order valence-corrected chi connectivity index (χ3v) is 11.2. The number of fused-ring (bicyclic) bond motifs is 1. The zero-order valence-corrected chi connectivity index (χ0v) is 31.0. The number of hydrogen-bond donors (Lipinski definition) is 2. The van der Waals surface area contributed by atoms with Crippen molar-refractivity contribution in [3.8, 4) is 0 Å². The molecule has 13 heteroatoms. The van der Waals surface area contributed by atoms with Crippen molar-refractivity contribution < 1.29 is 33.7 Å². The molecule has 0 radical (unpaired) electrons. The van der Waals surface area contributed by atoms with Crippen LogP contribution in [-0.2, 0) is 37.3 Å². The molecule has 6 rings (SSSR count). The Bertz CT molecular complexity index is 1720. The molecule has 11 nitrogen and oxygen atoms in total. The fourth-order valence-corrected chi connectivity index (χ4v) is 8.47. The number of Topliss-reactive ketones (excluding diaryl/α,β-unsaturated/α-hetero) is 1. The number of halogens is 2. The summed E-state index contributed by atoms with van der Waals surface area (Å²) in [5.41, 5.74) is 2.29. The number of aryl methyl sites for hydroxylation is 1. The average molecular weight is 744 g/mol. The minimum absolute atomic E-state index is 0.0772. The monoisotopic (exact) mass is 742 g/mol. The number of carbonyl (C=O) groups is 3. The van der Waals surface area contributed by atoms with E-state index in [1.54, 1.807) is 18.3 Å². The van der Waals surface area contributed by atoms with E-state index in [9.17, 15) is 14.7 Å². The highest BCUT2D eigenvalue weighted by Crippen LogP contribution is 2.39. The molecule has 2 aliphatic heterocycles. The molecule has 0 spiro atoms. The average Bonchev–Trinajstić information content (AvgIpc) is 3.87. The van der Waals surface area contributed by atoms with Gasteiger partial charge in [-0.2, -0.15) is 0 Å². The van der Waals surface area contributed by atoms with Crippen LogP contribution in [-0.4, -0.2) is 101 Å². The smallest absolute Gasteiger partial charge is 0.306 e. The summed E-state index contributed by atoms with van der Waals surface area (Å²) in [7, 11) is 1.89. The number of para-hydroxylation sites is 1. The van der Waals surface area contributed by atoms with Gasteiger partial charge in [0.15, 0.2) is 5.78 Å². The Morgan fingerprint density at radius 3 is 2.20 bits per heavy atom. The number of amides is 1. The predicted molar refractivity (Wildman–Crippen MR) is 196 cm³/mol. The van der Waals surface area contributed by atoms with Crippen LogP contribution in [0.4, 0.5) is 5.69 Å². The van der Waals surface area contributed by atoms with Crippen molar-refractivity contribution in [2.45, 2.75) is 83.0 Å². The number of ketones is 1. The van der Waals surface area contributed by atoms with Gasteiger partial charge in [-0.3, -0.25) is 24.2 Å². The van der Waals surface area contributed by atoms with E-state index in [1.165, 1.54) is 0 Å². The number of benzene rings is 2. The molecule has 3 atom stereocenters. The molecular weight excluding hydrogens is 695 g/mol. The number of nitrogens with zero attached hydrogens (tertiary/aromatic N) is 3. The molecule has 0 bridgehead atoms. The lowest BCUT2D eigenvalue weighted by Gasteiger charge is -2.48. The highest BCUT2D eigenvalue weighted by Gasteiger charge is 2.56. The van der Waals surface area contributed by atoms with Crippen LogP contribution in [0.25, 0.3) is 10.9 Å². The van der Waals surface area contributed by atoms with Gasteiger partial charge in [-0.25, -0.2) is 0 Å². The number of nitrogens with one attached hydrogen (secondary N) is 1. The summed E-state index contributed by atoms with van der Waals surface area (Å²) in [6.45, 7) is 7.09. The van der Waals surface area contributed by atoms with Crippen LogP contribution in [0.5, 0.6) is 0 Å². The molecule has 3 heterocycles. The second-order valence-corrected chi connectivity index (χ2v) is 14.6. The zero-order chi connectivity index (χ0) is 36.3. The van der Waals surface area contributed by atoms with Crippen molar-refractivity contribution in [3.05, 3.63) is 63.8 Å². The minimum Gasteiger partial charge on any atom is -0.481 e. The largest absolute Gasteiger partial charge is 0.481 e. The number of anilines is 1. The Hall–Kier alpha value is -3.03. The van der Waals surface area contributed by atoms with Crippen LogP contribution in [0, 0.1) is 5.92 Å². The number of rotatable bonds is 14. The molecular formula is C38H48Cl2N4O7. The van der Waals surface area contributed by atoms with E-state index in [0.29, 0.717) is 86.9 Å². The summed E-state index contributed by atoms with van der Waals surface area (Å²) in [5.74, 6) is -3.18. The first-order chi connectivity index (χ1) is 24.5. The van der Waals surface area contributed by atoms with Gasteiger partial charge in [0.05, 0.1) is 40.5 Å². The molecule has 1 unspecified atom stereocenters. The van der Waals surface area contributed by atoms with Gasteiger partial charge in [0.25, 0.3) is 5.91 Å². The number of aromatic nitrogens is 1. The van der Waals surface area contributed by atoms with Crippen molar-refractivity contribution >= 4 is 57.5 Å². The number of likely N-dealkylation sites (tertiary alicyclic amines) is 2. The van der Waals surface area contributed by atoms with Crippen LogP contribution in [0.3, 0.4) is 0 Å². The number of hydrogen-bond acceptors (Lipinski definition) is 8. The van der Waals surface area contributed by atoms with Gasteiger partial charge in [-0.1, -0.05) is 41.4 Å². The third-order valence-electron chi connectivity index (χ3n) is 10.5. The highest BCUT2D eigenvalue weighted by atomic mass is 35.5. The lowest BCUT2D eigenvalue weighted by atomic mass is 9.87. The SMILES string of the molecule is CCO[C@H]1CN(C(O[C@H]2CC[C@H](C(=O)O)CC2)(C(=O)Cc2cc(Cl)c(NC(=O)c3cn(C)c4ccccc34)cc2Cl)N2CCCC2)C[C@H]1OCC. The predicted octanol–water partition coefficient (Wildman–Crippen LogP) is 6.38. The second kappa shape index (κ2) is 16.3. The van der Waals surface area contributed by atoms with Gasteiger partial charge in [-0.15, -0.1) is 0 Å². The molecule has 2 saturated heterocycles. The summed E-state index contributed by atoms with van der Waals surface area (Å²) in [6.07, 6.45) is 4.76. The number of carboxylic acids is 1. The Balaban J connectivity index is 1.30. The van der Waals surface area contributed by atoms with Crippen molar-refractivity contribution in [1.82, 2.24) is 14.4 Å². The number of ether oxygens (including phenoxy) is 3. The molecule has 276 valence electrons. The van der Waals surface area contributed by atoms with E-state index in [1.807, 2.05) is 49.7 Å². The molecule has 2 aromatic carbocycles. The molecule has 3 aliphatic rings. The first-order valence-electron chi connectivity index (χ1n) is 18.1. The molecule has 1 amide bonds. The van der Waals surface area contributed by atoms with Crippen LogP contribution in [0.15, 0.2) is 42.6 Å². The molecule has 2 N–H and O–H groups in total. The van der Waals surface area contributed by atoms with E-state index in [2.05, 4.69) is 15.1 Å². The maximum atomic E-state index is 15.1. The molecule has 1 aliphatic carbocycles. The number of carboxylic acid groups (broad SMARTS) is 1. The zero-order valence-electron chi connectivity index (χ0n) is 29.5. The molecule has 1 aromatic heterocycles. The van der Waals surface area contributed by atoms with E-state index in [-0.39, 0.29) is 41.4 Å². The quantitative estimate of drug-likeness (QED) is 0.194.